The van der Waals surface area contributed by atoms with Crippen LogP contribution in [0.1, 0.15) is 18.1 Å². The molecule has 1 heterocycles. The van der Waals surface area contributed by atoms with Crippen molar-refractivity contribution in [2.24, 2.45) is 0 Å². The summed E-state index contributed by atoms with van der Waals surface area (Å²) in [6.07, 6.45) is -0.840. The summed E-state index contributed by atoms with van der Waals surface area (Å²) in [6.45, 7) is 5.49. The van der Waals surface area contributed by atoms with Gasteiger partial charge in [0.05, 0.1) is 5.69 Å². The van der Waals surface area contributed by atoms with E-state index >= 15 is 0 Å². The van der Waals surface area contributed by atoms with Gasteiger partial charge in [0.25, 0.3) is 11.5 Å². The number of nitrogens with zero attached hydrogens (tertiary/aromatic N) is 2. The van der Waals surface area contributed by atoms with E-state index in [1.807, 2.05) is 32.0 Å². The number of hydrogen-bond acceptors (Lipinski definition) is 4. The van der Waals surface area contributed by atoms with E-state index < -0.39 is 17.5 Å². The van der Waals surface area contributed by atoms with Crippen LogP contribution in [0, 0.1) is 19.7 Å². The van der Waals surface area contributed by atoms with Gasteiger partial charge in [-0.2, -0.15) is 4.68 Å². The number of nitrogens with one attached hydrogen (secondary N) is 1. The molecule has 0 unspecified atom stereocenters. The zero-order valence-electron chi connectivity index (χ0n) is 15.8. The maximum Gasteiger partial charge on any atom is 0.271 e. The third-order valence-corrected chi connectivity index (χ3v) is 4.00. The molecule has 28 heavy (non-hydrogen) atoms. The van der Waals surface area contributed by atoms with Crippen molar-refractivity contribution >= 4 is 11.6 Å². The number of amides is 1. The van der Waals surface area contributed by atoms with Gasteiger partial charge in [0.15, 0.2) is 6.10 Å². The number of aryl methyl sites for hydroxylation is 2. The van der Waals surface area contributed by atoms with Gasteiger partial charge in [-0.3, -0.25) is 9.59 Å². The number of carbonyl (C=O) groups is 1. The number of anilines is 1. The van der Waals surface area contributed by atoms with Crippen LogP contribution in [-0.2, 0) is 4.79 Å². The van der Waals surface area contributed by atoms with Gasteiger partial charge < -0.3 is 10.1 Å². The lowest BCUT2D eigenvalue weighted by Gasteiger charge is -2.15. The van der Waals surface area contributed by atoms with Crippen molar-refractivity contribution in [3.8, 4) is 11.6 Å². The van der Waals surface area contributed by atoms with Crippen LogP contribution >= 0.6 is 0 Å². The van der Waals surface area contributed by atoms with Crippen molar-refractivity contribution in [2.45, 2.75) is 26.9 Å². The zero-order valence-corrected chi connectivity index (χ0v) is 15.8. The second-order valence-electron chi connectivity index (χ2n) is 6.52. The highest BCUT2D eigenvalue weighted by Gasteiger charge is 2.16. The van der Waals surface area contributed by atoms with Gasteiger partial charge in [0.1, 0.15) is 5.82 Å². The third-order valence-electron chi connectivity index (χ3n) is 4.00. The van der Waals surface area contributed by atoms with Crippen LogP contribution in [0.4, 0.5) is 10.1 Å². The van der Waals surface area contributed by atoms with Crippen molar-refractivity contribution in [3.05, 3.63) is 81.9 Å². The SMILES string of the molecule is Cc1cc(C)cc(NC(=O)[C@H](C)Oc2ccc(=O)n(-c3ccc(F)cc3)n2)c1. The highest BCUT2D eigenvalue weighted by molar-refractivity contribution is 5.94. The Morgan fingerprint density at radius 3 is 2.36 bits per heavy atom. The van der Waals surface area contributed by atoms with E-state index in [-0.39, 0.29) is 11.8 Å². The van der Waals surface area contributed by atoms with E-state index in [1.165, 1.54) is 36.4 Å². The molecule has 0 aliphatic rings. The number of aromatic nitrogens is 2. The smallest absolute Gasteiger partial charge is 0.271 e. The van der Waals surface area contributed by atoms with E-state index in [0.717, 1.165) is 15.8 Å². The number of rotatable bonds is 5. The minimum atomic E-state index is -0.840. The van der Waals surface area contributed by atoms with Crippen LogP contribution in [0.2, 0.25) is 0 Å². The molecule has 1 amide bonds. The van der Waals surface area contributed by atoms with Crippen LogP contribution in [0.5, 0.6) is 5.88 Å². The fourth-order valence-corrected chi connectivity index (χ4v) is 2.75. The number of hydrogen-bond donors (Lipinski definition) is 1. The van der Waals surface area contributed by atoms with Crippen molar-refractivity contribution in [2.75, 3.05) is 5.32 Å². The van der Waals surface area contributed by atoms with Crippen LogP contribution in [-0.4, -0.2) is 21.8 Å². The molecule has 7 heteroatoms. The lowest BCUT2D eigenvalue weighted by molar-refractivity contribution is -0.122. The monoisotopic (exact) mass is 381 g/mol. The summed E-state index contributed by atoms with van der Waals surface area (Å²) < 4.78 is 19.8. The fourth-order valence-electron chi connectivity index (χ4n) is 2.75. The summed E-state index contributed by atoms with van der Waals surface area (Å²) in [4.78, 5) is 24.5. The van der Waals surface area contributed by atoms with E-state index in [0.29, 0.717) is 11.4 Å². The Hall–Kier alpha value is -3.48. The van der Waals surface area contributed by atoms with Crippen molar-refractivity contribution in [1.29, 1.82) is 0 Å². The molecule has 6 nitrogen and oxygen atoms in total. The topological polar surface area (TPSA) is 73.2 Å². The summed E-state index contributed by atoms with van der Waals surface area (Å²) in [5.41, 5.74) is 2.76. The minimum Gasteiger partial charge on any atom is -0.463 e. The molecule has 0 bridgehead atoms. The Kier molecular flexibility index (Phi) is 5.54. The van der Waals surface area contributed by atoms with Gasteiger partial charge in [-0.15, -0.1) is 5.10 Å². The molecule has 1 N–H and O–H groups in total. The Balaban J connectivity index is 1.75. The molecule has 0 fully saturated rings. The Morgan fingerprint density at radius 2 is 1.71 bits per heavy atom. The molecule has 0 saturated carbocycles. The van der Waals surface area contributed by atoms with Gasteiger partial charge in [-0.05, 0) is 68.3 Å². The molecule has 3 aromatic rings. The van der Waals surface area contributed by atoms with Gasteiger partial charge in [0, 0.05) is 17.8 Å². The van der Waals surface area contributed by atoms with E-state index in [4.69, 9.17) is 4.74 Å². The van der Waals surface area contributed by atoms with Crippen LogP contribution in [0.3, 0.4) is 0 Å². The molecular formula is C21H20FN3O3. The maximum absolute atomic E-state index is 13.1. The molecule has 0 spiro atoms. The lowest BCUT2D eigenvalue weighted by atomic mass is 10.1. The van der Waals surface area contributed by atoms with Crippen molar-refractivity contribution in [3.63, 3.8) is 0 Å². The molecule has 1 atom stereocenters. The standard InChI is InChI=1S/C21H20FN3O3/c1-13-10-14(2)12-17(11-13)23-21(27)15(3)28-19-8-9-20(26)25(24-19)18-6-4-16(22)5-7-18/h4-12,15H,1-3H3,(H,23,27)/t15-/m0/s1. The first kappa shape index (κ1) is 19.3. The lowest BCUT2D eigenvalue weighted by Crippen LogP contribution is -2.31. The van der Waals surface area contributed by atoms with Crippen LogP contribution in [0.25, 0.3) is 5.69 Å². The van der Waals surface area contributed by atoms with Gasteiger partial charge in [-0.25, -0.2) is 4.39 Å². The summed E-state index contributed by atoms with van der Waals surface area (Å²) in [5.74, 6) is -0.654. The van der Waals surface area contributed by atoms with E-state index in [1.54, 1.807) is 6.92 Å². The first-order valence-corrected chi connectivity index (χ1v) is 8.74. The minimum absolute atomic E-state index is 0.104. The average molecular weight is 381 g/mol. The molecule has 1 aromatic heterocycles. The number of halogens is 1. The normalized spacial score (nSPS) is 11.7. The Labute approximate surface area is 161 Å². The average Bonchev–Trinajstić information content (AvgIpc) is 2.63. The van der Waals surface area contributed by atoms with Gasteiger partial charge in [0.2, 0.25) is 5.88 Å². The number of benzene rings is 2. The zero-order chi connectivity index (χ0) is 20.3. The summed E-state index contributed by atoms with van der Waals surface area (Å²) in [5, 5.41) is 6.91. The molecule has 0 radical (unpaired) electrons. The summed E-state index contributed by atoms with van der Waals surface area (Å²) >= 11 is 0. The van der Waals surface area contributed by atoms with E-state index in [9.17, 15) is 14.0 Å². The van der Waals surface area contributed by atoms with Crippen molar-refractivity contribution < 1.29 is 13.9 Å². The van der Waals surface area contributed by atoms with Gasteiger partial charge in [-0.1, -0.05) is 6.07 Å². The largest absolute Gasteiger partial charge is 0.463 e. The molecule has 2 aromatic carbocycles. The van der Waals surface area contributed by atoms with Gasteiger partial charge >= 0.3 is 0 Å². The second-order valence-corrected chi connectivity index (χ2v) is 6.52. The Morgan fingerprint density at radius 1 is 1.07 bits per heavy atom. The first-order chi connectivity index (χ1) is 13.3. The van der Waals surface area contributed by atoms with Crippen LogP contribution in [0.15, 0.2) is 59.4 Å². The number of carbonyl (C=O) groups excluding carboxylic acids is 1. The summed E-state index contributed by atoms with van der Waals surface area (Å²) in [7, 11) is 0. The molecule has 0 aliphatic carbocycles. The summed E-state index contributed by atoms with van der Waals surface area (Å²) in [6, 6.07) is 13.7. The third kappa shape index (κ3) is 4.62. The first-order valence-electron chi connectivity index (χ1n) is 8.74. The molecule has 144 valence electrons. The van der Waals surface area contributed by atoms with Crippen LogP contribution < -0.4 is 15.6 Å². The number of ether oxygens (including phenoxy) is 1. The quantitative estimate of drug-likeness (QED) is 0.735. The highest BCUT2D eigenvalue weighted by atomic mass is 19.1. The highest BCUT2D eigenvalue weighted by Crippen LogP contribution is 2.15. The van der Waals surface area contributed by atoms with E-state index in [2.05, 4.69) is 10.4 Å². The predicted octanol–water partition coefficient (Wildman–Crippen LogP) is 3.39. The van der Waals surface area contributed by atoms with Crippen molar-refractivity contribution in [1.82, 2.24) is 9.78 Å². The Bertz CT molecular complexity index is 1040. The predicted molar refractivity (Wildman–Crippen MR) is 104 cm³/mol. The fraction of sp³-hybridized carbons (Fsp3) is 0.190. The molecular weight excluding hydrogens is 361 g/mol. The second kappa shape index (κ2) is 8.04. The molecule has 0 saturated heterocycles. The molecule has 0 aliphatic heterocycles. The maximum atomic E-state index is 13.1. The molecule has 3 rings (SSSR count).